The number of para-hydroxylation sites is 1. The van der Waals surface area contributed by atoms with Gasteiger partial charge >= 0.3 is 0 Å². The van der Waals surface area contributed by atoms with Crippen molar-refractivity contribution in [1.29, 1.82) is 0 Å². The molecule has 0 fully saturated rings. The average molecular weight is 292 g/mol. The van der Waals surface area contributed by atoms with Crippen LogP contribution in [0.4, 0.5) is 5.69 Å². The van der Waals surface area contributed by atoms with Crippen molar-refractivity contribution in [3.8, 4) is 0 Å². The number of aromatic nitrogens is 1. The van der Waals surface area contributed by atoms with E-state index < -0.39 is 0 Å². The van der Waals surface area contributed by atoms with Crippen molar-refractivity contribution in [2.45, 2.75) is 27.2 Å². The molecule has 2 N–H and O–H groups in total. The van der Waals surface area contributed by atoms with Crippen LogP contribution in [0, 0.1) is 20.8 Å². The Kier molecular flexibility index (Phi) is 3.72. The third-order valence-electron chi connectivity index (χ3n) is 4.24. The van der Waals surface area contributed by atoms with Crippen molar-refractivity contribution in [1.82, 2.24) is 4.98 Å². The Hall–Kier alpha value is -2.55. The van der Waals surface area contributed by atoms with Gasteiger partial charge in [-0.15, -0.1) is 0 Å². The van der Waals surface area contributed by atoms with E-state index >= 15 is 0 Å². The number of benzene rings is 2. The van der Waals surface area contributed by atoms with Crippen LogP contribution in [0.25, 0.3) is 10.9 Å². The predicted octanol–water partition coefficient (Wildman–Crippen LogP) is 4.27. The number of hydrogen-bond acceptors (Lipinski definition) is 1. The normalized spacial score (nSPS) is 10.9. The number of fused-ring (bicyclic) bond motifs is 1. The number of rotatable bonds is 3. The van der Waals surface area contributed by atoms with Crippen LogP contribution < -0.4 is 5.32 Å². The number of hydrogen-bond donors (Lipinski definition) is 2. The lowest BCUT2D eigenvalue weighted by molar-refractivity contribution is -0.115. The number of amides is 1. The van der Waals surface area contributed by atoms with Crippen LogP contribution in [0.3, 0.4) is 0 Å². The standard InChI is InChI=1S/C19H20N2O/c1-12-7-6-10-17(13(12)2)21-19(22)11-16-14(3)20-18-9-5-4-8-15(16)18/h4-10,20H,11H2,1-3H3,(H,21,22). The minimum atomic E-state index is 0.0153. The van der Waals surface area contributed by atoms with Crippen LogP contribution >= 0.6 is 0 Å². The molecule has 0 aliphatic rings. The van der Waals surface area contributed by atoms with Gasteiger partial charge in [-0.1, -0.05) is 30.3 Å². The summed E-state index contributed by atoms with van der Waals surface area (Å²) in [6.45, 7) is 6.09. The van der Waals surface area contributed by atoms with E-state index in [0.717, 1.165) is 33.4 Å². The van der Waals surface area contributed by atoms with Gasteiger partial charge < -0.3 is 10.3 Å². The van der Waals surface area contributed by atoms with Gasteiger partial charge in [-0.3, -0.25) is 4.79 Å². The van der Waals surface area contributed by atoms with Crippen molar-refractivity contribution in [3.05, 3.63) is 64.8 Å². The smallest absolute Gasteiger partial charge is 0.228 e. The molecule has 1 heterocycles. The summed E-state index contributed by atoms with van der Waals surface area (Å²) < 4.78 is 0. The fourth-order valence-corrected chi connectivity index (χ4v) is 2.80. The number of H-pyrrole nitrogens is 1. The average Bonchev–Trinajstić information content (AvgIpc) is 2.80. The van der Waals surface area contributed by atoms with Crippen LogP contribution in [-0.2, 0) is 11.2 Å². The topological polar surface area (TPSA) is 44.9 Å². The van der Waals surface area contributed by atoms with Crippen LogP contribution in [0.1, 0.15) is 22.4 Å². The maximum atomic E-state index is 12.4. The minimum absolute atomic E-state index is 0.0153. The Morgan fingerprint density at radius 2 is 1.82 bits per heavy atom. The lowest BCUT2D eigenvalue weighted by Crippen LogP contribution is -2.15. The Labute approximate surface area is 130 Å². The molecule has 0 spiro atoms. The first-order valence-electron chi connectivity index (χ1n) is 7.48. The summed E-state index contributed by atoms with van der Waals surface area (Å²) in [5.41, 5.74) is 6.39. The Morgan fingerprint density at radius 1 is 1.05 bits per heavy atom. The maximum Gasteiger partial charge on any atom is 0.228 e. The van der Waals surface area contributed by atoms with Crippen molar-refractivity contribution >= 4 is 22.5 Å². The third-order valence-corrected chi connectivity index (χ3v) is 4.24. The van der Waals surface area contributed by atoms with E-state index in [-0.39, 0.29) is 5.91 Å². The summed E-state index contributed by atoms with van der Waals surface area (Å²) in [6, 6.07) is 14.1. The number of carbonyl (C=O) groups excluding carboxylic acids is 1. The zero-order chi connectivity index (χ0) is 15.7. The van der Waals surface area contributed by atoms with Gasteiger partial charge in [0.15, 0.2) is 0 Å². The molecule has 3 aromatic rings. The summed E-state index contributed by atoms with van der Waals surface area (Å²) >= 11 is 0. The van der Waals surface area contributed by atoms with E-state index in [2.05, 4.69) is 29.4 Å². The van der Waals surface area contributed by atoms with Crippen LogP contribution in [0.5, 0.6) is 0 Å². The van der Waals surface area contributed by atoms with Gasteiger partial charge in [0.25, 0.3) is 0 Å². The first-order chi connectivity index (χ1) is 10.6. The largest absolute Gasteiger partial charge is 0.358 e. The minimum Gasteiger partial charge on any atom is -0.358 e. The molecule has 0 atom stereocenters. The molecule has 0 bridgehead atoms. The molecule has 0 saturated carbocycles. The molecule has 22 heavy (non-hydrogen) atoms. The molecule has 0 saturated heterocycles. The van der Waals surface area contributed by atoms with Gasteiger partial charge in [0, 0.05) is 22.3 Å². The zero-order valence-corrected chi connectivity index (χ0v) is 13.2. The summed E-state index contributed by atoms with van der Waals surface area (Å²) in [5.74, 6) is 0.0153. The second kappa shape index (κ2) is 5.68. The van der Waals surface area contributed by atoms with Gasteiger partial charge in [0.1, 0.15) is 0 Å². The van der Waals surface area contributed by atoms with Gasteiger partial charge in [-0.05, 0) is 49.6 Å². The van der Waals surface area contributed by atoms with E-state index in [1.165, 1.54) is 5.56 Å². The van der Waals surface area contributed by atoms with E-state index in [4.69, 9.17) is 0 Å². The first-order valence-corrected chi connectivity index (χ1v) is 7.48. The molecule has 0 unspecified atom stereocenters. The van der Waals surface area contributed by atoms with Gasteiger partial charge in [-0.25, -0.2) is 0 Å². The molecule has 2 aromatic carbocycles. The monoisotopic (exact) mass is 292 g/mol. The number of aryl methyl sites for hydroxylation is 2. The Morgan fingerprint density at radius 3 is 2.64 bits per heavy atom. The summed E-state index contributed by atoms with van der Waals surface area (Å²) in [6.07, 6.45) is 0.378. The molecule has 0 aliphatic heterocycles. The molecule has 3 rings (SSSR count). The van der Waals surface area contributed by atoms with Crippen molar-refractivity contribution in [2.24, 2.45) is 0 Å². The Balaban J connectivity index is 1.84. The highest BCUT2D eigenvalue weighted by Gasteiger charge is 2.13. The predicted molar refractivity (Wildman–Crippen MR) is 91.3 cm³/mol. The second-order valence-electron chi connectivity index (χ2n) is 5.75. The maximum absolute atomic E-state index is 12.4. The SMILES string of the molecule is Cc1cccc(NC(=O)Cc2c(C)[nH]c3ccccc23)c1C. The lowest BCUT2D eigenvalue weighted by atomic mass is 10.1. The summed E-state index contributed by atoms with van der Waals surface area (Å²) in [4.78, 5) is 15.8. The van der Waals surface area contributed by atoms with Gasteiger partial charge in [0.05, 0.1) is 6.42 Å². The third kappa shape index (κ3) is 2.62. The Bertz CT molecular complexity index is 846. The highest BCUT2D eigenvalue weighted by Crippen LogP contribution is 2.23. The van der Waals surface area contributed by atoms with Crippen LogP contribution in [0.2, 0.25) is 0 Å². The summed E-state index contributed by atoms with van der Waals surface area (Å²) in [7, 11) is 0. The van der Waals surface area contributed by atoms with Crippen LogP contribution in [-0.4, -0.2) is 10.9 Å². The molecule has 0 aliphatic carbocycles. The lowest BCUT2D eigenvalue weighted by Gasteiger charge is -2.10. The quantitative estimate of drug-likeness (QED) is 0.743. The highest BCUT2D eigenvalue weighted by molar-refractivity contribution is 5.96. The van der Waals surface area contributed by atoms with Crippen molar-refractivity contribution in [3.63, 3.8) is 0 Å². The molecule has 1 aromatic heterocycles. The fourth-order valence-electron chi connectivity index (χ4n) is 2.80. The molecule has 3 heteroatoms. The fraction of sp³-hybridized carbons (Fsp3) is 0.211. The highest BCUT2D eigenvalue weighted by atomic mass is 16.1. The zero-order valence-electron chi connectivity index (χ0n) is 13.2. The molecule has 112 valence electrons. The van der Waals surface area contributed by atoms with E-state index in [1.807, 2.05) is 44.2 Å². The van der Waals surface area contributed by atoms with E-state index in [0.29, 0.717) is 6.42 Å². The van der Waals surface area contributed by atoms with Gasteiger partial charge in [-0.2, -0.15) is 0 Å². The molecular weight excluding hydrogens is 272 g/mol. The van der Waals surface area contributed by atoms with Crippen molar-refractivity contribution in [2.75, 3.05) is 5.32 Å². The molecule has 0 radical (unpaired) electrons. The van der Waals surface area contributed by atoms with Crippen molar-refractivity contribution < 1.29 is 4.79 Å². The molecule has 1 amide bonds. The number of anilines is 1. The van der Waals surface area contributed by atoms with Gasteiger partial charge in [0.2, 0.25) is 5.91 Å². The van der Waals surface area contributed by atoms with E-state index in [1.54, 1.807) is 0 Å². The molecular formula is C19H20N2O. The van der Waals surface area contributed by atoms with Crippen LogP contribution in [0.15, 0.2) is 42.5 Å². The number of carbonyl (C=O) groups is 1. The van der Waals surface area contributed by atoms with E-state index in [9.17, 15) is 4.79 Å². The first kappa shape index (κ1) is 14.4. The number of nitrogens with one attached hydrogen (secondary N) is 2. The molecule has 3 nitrogen and oxygen atoms in total. The second-order valence-corrected chi connectivity index (χ2v) is 5.75. The number of aromatic amines is 1. The summed E-state index contributed by atoms with van der Waals surface area (Å²) in [5, 5.41) is 4.15.